The first kappa shape index (κ1) is 31.2. The standard InChI is InChI=1S/C36H45ClO5/c1-4-7-20-38-34-32(28-18-19-30(37)29(23-28)22-26-16-14-25(6-3)15-17-26)41-31-24-40-36(27-12-10-9-11-13-27)42-33(31)35(34)39-21-8-5-2/h9-19,23,31-36H,4-8,20-22,24H2,1-3H3. The van der Waals surface area contributed by atoms with Gasteiger partial charge in [0.05, 0.1) is 6.61 Å². The lowest BCUT2D eigenvalue weighted by atomic mass is 9.89. The zero-order chi connectivity index (χ0) is 29.3. The van der Waals surface area contributed by atoms with Gasteiger partial charge in [-0.3, -0.25) is 0 Å². The molecule has 0 bridgehead atoms. The molecule has 2 fully saturated rings. The van der Waals surface area contributed by atoms with E-state index < -0.39 is 6.29 Å². The Hall–Kier alpha value is -2.25. The molecule has 3 aromatic rings. The van der Waals surface area contributed by atoms with E-state index in [2.05, 4.69) is 57.2 Å². The average molecular weight is 593 g/mol. The molecule has 0 aromatic heterocycles. The second-order valence-electron chi connectivity index (χ2n) is 11.3. The summed E-state index contributed by atoms with van der Waals surface area (Å²) in [4.78, 5) is 0. The van der Waals surface area contributed by atoms with Crippen molar-refractivity contribution in [3.05, 3.63) is 106 Å². The second-order valence-corrected chi connectivity index (χ2v) is 11.8. The normalized spacial score (nSPS) is 25.7. The van der Waals surface area contributed by atoms with E-state index in [0.29, 0.717) is 19.8 Å². The van der Waals surface area contributed by atoms with Gasteiger partial charge in [0, 0.05) is 23.8 Å². The summed E-state index contributed by atoms with van der Waals surface area (Å²) in [6.45, 7) is 8.22. The average Bonchev–Trinajstić information content (AvgIpc) is 3.03. The fraction of sp³-hybridized carbons (Fsp3) is 0.500. The smallest absolute Gasteiger partial charge is 0.184 e. The number of aryl methyl sites for hydroxylation is 1. The maximum Gasteiger partial charge on any atom is 0.184 e. The van der Waals surface area contributed by atoms with Crippen molar-refractivity contribution in [3.63, 3.8) is 0 Å². The first-order chi connectivity index (χ1) is 20.6. The molecule has 0 spiro atoms. The Kier molecular flexibility index (Phi) is 11.5. The topological polar surface area (TPSA) is 46.2 Å². The van der Waals surface area contributed by atoms with Gasteiger partial charge in [0.1, 0.15) is 30.5 Å². The molecule has 6 unspecified atom stereocenters. The SMILES string of the molecule is CCCCOC1C(c2ccc(Cl)c(Cc3ccc(CC)cc3)c2)OC2COC(c3ccccc3)OC2C1OCCCC. The molecule has 2 heterocycles. The first-order valence-electron chi connectivity index (χ1n) is 15.7. The molecule has 6 atom stereocenters. The van der Waals surface area contributed by atoms with E-state index >= 15 is 0 Å². The van der Waals surface area contributed by atoms with E-state index in [1.807, 2.05) is 36.4 Å². The van der Waals surface area contributed by atoms with Crippen LogP contribution in [0, 0.1) is 0 Å². The zero-order valence-corrected chi connectivity index (χ0v) is 25.9. The van der Waals surface area contributed by atoms with Crippen molar-refractivity contribution in [2.24, 2.45) is 0 Å². The summed E-state index contributed by atoms with van der Waals surface area (Å²) in [6.07, 6.45) is 3.78. The predicted octanol–water partition coefficient (Wildman–Crippen LogP) is 8.42. The summed E-state index contributed by atoms with van der Waals surface area (Å²) in [6, 6.07) is 25.1. The molecule has 2 aliphatic heterocycles. The van der Waals surface area contributed by atoms with Crippen LogP contribution in [-0.4, -0.2) is 44.2 Å². The molecule has 0 radical (unpaired) electrons. The van der Waals surface area contributed by atoms with Crippen LogP contribution in [0.25, 0.3) is 0 Å². The van der Waals surface area contributed by atoms with Gasteiger partial charge in [0.25, 0.3) is 0 Å². The van der Waals surface area contributed by atoms with E-state index in [4.69, 9.17) is 35.3 Å². The molecular weight excluding hydrogens is 548 g/mol. The molecule has 42 heavy (non-hydrogen) atoms. The van der Waals surface area contributed by atoms with Crippen LogP contribution in [0.4, 0.5) is 0 Å². The third-order valence-electron chi connectivity index (χ3n) is 8.24. The molecule has 226 valence electrons. The maximum atomic E-state index is 6.82. The van der Waals surface area contributed by atoms with Crippen LogP contribution in [0.2, 0.25) is 5.02 Å². The summed E-state index contributed by atoms with van der Waals surface area (Å²) in [5.41, 5.74) is 5.65. The van der Waals surface area contributed by atoms with E-state index in [0.717, 1.165) is 60.2 Å². The molecular formula is C36H45ClO5. The lowest BCUT2D eigenvalue weighted by molar-refractivity contribution is -0.339. The van der Waals surface area contributed by atoms with E-state index in [9.17, 15) is 0 Å². The first-order valence-corrected chi connectivity index (χ1v) is 16.1. The molecule has 2 aliphatic rings. The van der Waals surface area contributed by atoms with E-state index in [-0.39, 0.29) is 30.5 Å². The van der Waals surface area contributed by atoms with Gasteiger partial charge in [-0.25, -0.2) is 0 Å². The largest absolute Gasteiger partial charge is 0.373 e. The van der Waals surface area contributed by atoms with Gasteiger partial charge in [-0.15, -0.1) is 0 Å². The minimum atomic E-state index is -0.470. The van der Waals surface area contributed by atoms with Gasteiger partial charge in [-0.05, 0) is 54.0 Å². The Balaban J connectivity index is 1.44. The number of halogens is 1. The van der Waals surface area contributed by atoms with Gasteiger partial charge in [0.15, 0.2) is 6.29 Å². The maximum absolute atomic E-state index is 6.82. The Bertz CT molecular complexity index is 1230. The highest BCUT2D eigenvalue weighted by Crippen LogP contribution is 2.42. The Morgan fingerprint density at radius 3 is 2.14 bits per heavy atom. The van der Waals surface area contributed by atoms with Crippen LogP contribution in [0.1, 0.15) is 86.7 Å². The van der Waals surface area contributed by atoms with Crippen LogP contribution >= 0.6 is 11.6 Å². The van der Waals surface area contributed by atoms with Gasteiger partial charge >= 0.3 is 0 Å². The van der Waals surface area contributed by atoms with Crippen molar-refractivity contribution in [1.29, 1.82) is 0 Å². The van der Waals surface area contributed by atoms with Gasteiger partial charge in [0.2, 0.25) is 0 Å². The molecule has 5 rings (SSSR count). The molecule has 5 nitrogen and oxygen atoms in total. The van der Waals surface area contributed by atoms with E-state index in [1.165, 1.54) is 11.1 Å². The van der Waals surface area contributed by atoms with Gasteiger partial charge in [-0.2, -0.15) is 0 Å². The van der Waals surface area contributed by atoms with Crippen LogP contribution < -0.4 is 0 Å². The second kappa shape index (κ2) is 15.5. The Morgan fingerprint density at radius 2 is 1.45 bits per heavy atom. The Labute approximate surface area is 256 Å². The molecule has 0 amide bonds. The summed E-state index contributed by atoms with van der Waals surface area (Å²) in [5, 5.41) is 0.751. The number of hydrogen-bond acceptors (Lipinski definition) is 5. The number of hydrogen-bond donors (Lipinski definition) is 0. The quantitative estimate of drug-likeness (QED) is 0.186. The summed E-state index contributed by atoms with van der Waals surface area (Å²) in [7, 11) is 0. The van der Waals surface area contributed by atoms with Crippen LogP contribution in [0.5, 0.6) is 0 Å². The van der Waals surface area contributed by atoms with Crippen molar-refractivity contribution in [3.8, 4) is 0 Å². The lowest BCUT2D eigenvalue weighted by Crippen LogP contribution is -2.60. The molecule has 0 aliphatic carbocycles. The van der Waals surface area contributed by atoms with Crippen molar-refractivity contribution in [2.45, 2.75) is 96.1 Å². The third kappa shape index (κ3) is 7.63. The zero-order valence-electron chi connectivity index (χ0n) is 25.2. The minimum absolute atomic E-state index is 0.284. The predicted molar refractivity (Wildman–Crippen MR) is 167 cm³/mol. The third-order valence-corrected chi connectivity index (χ3v) is 8.61. The van der Waals surface area contributed by atoms with Crippen molar-refractivity contribution >= 4 is 11.6 Å². The number of rotatable bonds is 13. The molecule has 0 N–H and O–H groups in total. The van der Waals surface area contributed by atoms with Crippen LogP contribution in [-0.2, 0) is 36.5 Å². The highest BCUT2D eigenvalue weighted by Gasteiger charge is 2.51. The lowest BCUT2D eigenvalue weighted by Gasteiger charge is -2.49. The van der Waals surface area contributed by atoms with Crippen molar-refractivity contribution in [1.82, 2.24) is 0 Å². The van der Waals surface area contributed by atoms with Crippen molar-refractivity contribution in [2.75, 3.05) is 19.8 Å². The highest BCUT2D eigenvalue weighted by molar-refractivity contribution is 6.31. The van der Waals surface area contributed by atoms with Gasteiger partial charge < -0.3 is 23.7 Å². The molecule has 2 saturated heterocycles. The molecule has 3 aromatic carbocycles. The number of benzene rings is 3. The molecule has 0 saturated carbocycles. The molecule has 6 heteroatoms. The van der Waals surface area contributed by atoms with Gasteiger partial charge in [-0.1, -0.05) is 112 Å². The minimum Gasteiger partial charge on any atom is -0.373 e. The summed E-state index contributed by atoms with van der Waals surface area (Å²) in [5.74, 6) is 0. The summed E-state index contributed by atoms with van der Waals surface area (Å²) < 4.78 is 32.9. The van der Waals surface area contributed by atoms with Crippen molar-refractivity contribution < 1.29 is 23.7 Å². The Morgan fingerprint density at radius 1 is 0.762 bits per heavy atom. The monoisotopic (exact) mass is 592 g/mol. The highest BCUT2D eigenvalue weighted by atomic mass is 35.5. The fourth-order valence-electron chi connectivity index (χ4n) is 5.75. The van der Waals surface area contributed by atoms with Crippen LogP contribution in [0.3, 0.4) is 0 Å². The fourth-order valence-corrected chi connectivity index (χ4v) is 5.93. The van der Waals surface area contributed by atoms with E-state index in [1.54, 1.807) is 0 Å². The van der Waals surface area contributed by atoms with Crippen LogP contribution in [0.15, 0.2) is 72.8 Å². The number of ether oxygens (including phenoxy) is 5. The number of fused-ring (bicyclic) bond motifs is 1. The number of unbranched alkanes of at least 4 members (excludes halogenated alkanes) is 2. The summed E-state index contributed by atoms with van der Waals surface area (Å²) >= 11 is 6.74.